The Hall–Kier alpha value is -6.56. The number of ether oxygens (including phenoxy) is 1. The number of esters is 1. The molecule has 58 heavy (non-hydrogen) atoms. The molecule has 0 unspecified atom stereocenters. The van der Waals surface area contributed by atoms with Crippen LogP contribution in [0, 0.1) is 0 Å². The van der Waals surface area contributed by atoms with E-state index < -0.39 is 17.2 Å². The van der Waals surface area contributed by atoms with Crippen molar-refractivity contribution in [2.24, 2.45) is 0 Å². The lowest BCUT2D eigenvalue weighted by atomic mass is 9.81. The van der Waals surface area contributed by atoms with Crippen molar-refractivity contribution >= 4 is 57.3 Å². The normalized spacial score (nSPS) is 11.7. The van der Waals surface area contributed by atoms with Crippen molar-refractivity contribution in [1.29, 1.82) is 0 Å². The number of carbonyl (C=O) groups is 2. The van der Waals surface area contributed by atoms with Crippen LogP contribution < -0.4 is 27.2 Å². The summed E-state index contributed by atoms with van der Waals surface area (Å²) in [6, 6.07) is 27.4. The summed E-state index contributed by atoms with van der Waals surface area (Å²) in [6.45, 7) is 4.44. The van der Waals surface area contributed by atoms with Crippen LogP contribution >= 0.6 is 0 Å². The maximum absolute atomic E-state index is 14.5. The number of para-hydroxylation sites is 1. The second kappa shape index (κ2) is 18.6. The highest BCUT2D eigenvalue weighted by molar-refractivity contribution is 6.30. The van der Waals surface area contributed by atoms with E-state index in [-0.39, 0.29) is 29.9 Å². The average Bonchev–Trinajstić information content (AvgIpc) is 3.21. The molecule has 2 aromatic heterocycles. The van der Waals surface area contributed by atoms with Crippen molar-refractivity contribution in [3.05, 3.63) is 129 Å². The van der Waals surface area contributed by atoms with Gasteiger partial charge in [-0.15, -0.1) is 0 Å². The molecule has 0 fully saturated rings. The van der Waals surface area contributed by atoms with Crippen molar-refractivity contribution in [2.75, 3.05) is 22.6 Å². The number of anilines is 6. The third-order valence-electron chi connectivity index (χ3n) is 10.4. The Balaban J connectivity index is 1.22. The molecule has 6 aromatic rings. The maximum atomic E-state index is 14.5. The minimum Gasteiger partial charge on any atom is -0.462 e. The van der Waals surface area contributed by atoms with Crippen LogP contribution in [0.5, 0.6) is 0 Å². The number of aryl methyl sites for hydroxylation is 1. The van der Waals surface area contributed by atoms with E-state index in [1.54, 1.807) is 35.8 Å². The number of pyridine rings is 1. The number of benzene rings is 4. The molecule has 0 saturated carbocycles. The molecule has 0 bridgehead atoms. The third-order valence-corrected chi connectivity index (χ3v) is 10.4. The van der Waals surface area contributed by atoms with E-state index in [0.29, 0.717) is 56.8 Å². The minimum absolute atomic E-state index is 0.0639. The van der Waals surface area contributed by atoms with Gasteiger partial charge in [0.2, 0.25) is 11.9 Å². The SMILES string of the molecule is CCCCCCCCCCCCn1c(=O)c(C(=O)OCC)c2c3c(c(Nc4cccc(Nc5nc(Nc6ccccc6)nc(=O)[nH]5)c4)ccc31)C(=O)c1ccccc1-2. The van der Waals surface area contributed by atoms with Gasteiger partial charge in [0, 0.05) is 40.1 Å². The number of aromatic nitrogens is 4. The van der Waals surface area contributed by atoms with Crippen LogP contribution in [-0.4, -0.2) is 37.9 Å². The van der Waals surface area contributed by atoms with E-state index >= 15 is 0 Å². The van der Waals surface area contributed by atoms with Crippen molar-refractivity contribution in [2.45, 2.75) is 84.6 Å². The molecule has 1 aliphatic rings. The summed E-state index contributed by atoms with van der Waals surface area (Å²) in [7, 11) is 0. The Morgan fingerprint density at radius 3 is 2.05 bits per heavy atom. The molecule has 4 aromatic carbocycles. The van der Waals surface area contributed by atoms with Gasteiger partial charge in [-0.25, -0.2) is 9.59 Å². The molecule has 0 radical (unpaired) electrons. The van der Waals surface area contributed by atoms with Gasteiger partial charge < -0.3 is 25.3 Å². The molecule has 7 rings (SSSR count). The zero-order valence-electron chi connectivity index (χ0n) is 33.0. The summed E-state index contributed by atoms with van der Waals surface area (Å²) < 4.78 is 7.15. The molecule has 0 saturated heterocycles. The molecular formula is C46H49N7O5. The predicted octanol–water partition coefficient (Wildman–Crippen LogP) is 10.0. The number of hydrogen-bond acceptors (Lipinski definition) is 10. The number of carbonyl (C=O) groups excluding carboxylic acids is 2. The van der Waals surface area contributed by atoms with Gasteiger partial charge in [-0.3, -0.25) is 14.6 Å². The number of unbranched alkanes of at least 4 members (excludes halogenated alkanes) is 9. The Labute approximate surface area is 337 Å². The van der Waals surface area contributed by atoms with E-state index in [4.69, 9.17) is 4.74 Å². The molecular weight excluding hydrogens is 731 g/mol. The standard InChI is InChI=1S/C46H49N7O5/c1-3-5-6-7-8-9-10-11-12-18-28-53-36-27-26-35(38-39(36)37(40(42(53)55)43(56)58-4-2)33-24-16-17-25-34(33)41(38)54)47-31-22-19-23-32(29-31)49-45-50-44(51-46(57)52-45)48-30-20-14-13-15-21-30/h13-17,19-27,29,47H,3-12,18,28H2,1-2H3,(H3,48,49,50,51,52,57). The quantitative estimate of drug-likeness (QED) is 0.0459. The van der Waals surface area contributed by atoms with E-state index in [1.165, 1.54) is 38.5 Å². The number of ketones is 1. The van der Waals surface area contributed by atoms with Gasteiger partial charge >= 0.3 is 11.7 Å². The van der Waals surface area contributed by atoms with Crippen LogP contribution in [0.25, 0.3) is 22.0 Å². The molecule has 12 nitrogen and oxygen atoms in total. The molecule has 0 atom stereocenters. The summed E-state index contributed by atoms with van der Waals surface area (Å²) in [5.74, 6) is -0.620. The van der Waals surface area contributed by atoms with Gasteiger partial charge in [-0.05, 0) is 61.4 Å². The second-order valence-electron chi connectivity index (χ2n) is 14.5. The highest BCUT2D eigenvalue weighted by Gasteiger charge is 2.34. The first-order valence-electron chi connectivity index (χ1n) is 20.4. The van der Waals surface area contributed by atoms with Crippen LogP contribution in [-0.2, 0) is 11.3 Å². The van der Waals surface area contributed by atoms with Crippen molar-refractivity contribution < 1.29 is 14.3 Å². The fraction of sp³-hybridized carbons (Fsp3) is 0.304. The summed E-state index contributed by atoms with van der Waals surface area (Å²) in [5.41, 5.74) is 3.71. The fourth-order valence-corrected chi connectivity index (χ4v) is 7.68. The third kappa shape index (κ3) is 8.86. The molecule has 0 amide bonds. The Morgan fingerprint density at radius 2 is 1.33 bits per heavy atom. The minimum atomic E-state index is -0.710. The number of nitrogens with zero attached hydrogens (tertiary/aromatic N) is 3. The highest BCUT2D eigenvalue weighted by Crippen LogP contribution is 2.44. The zero-order valence-corrected chi connectivity index (χ0v) is 33.0. The Bertz CT molecular complexity index is 2550. The monoisotopic (exact) mass is 779 g/mol. The average molecular weight is 780 g/mol. The number of hydrogen-bond donors (Lipinski definition) is 4. The second-order valence-corrected chi connectivity index (χ2v) is 14.5. The summed E-state index contributed by atoms with van der Waals surface area (Å²) in [6.07, 6.45) is 11.5. The van der Waals surface area contributed by atoms with Crippen molar-refractivity contribution in [3.8, 4) is 11.1 Å². The highest BCUT2D eigenvalue weighted by atomic mass is 16.5. The maximum Gasteiger partial charge on any atom is 0.351 e. The summed E-state index contributed by atoms with van der Waals surface area (Å²) >= 11 is 0. The molecule has 4 N–H and O–H groups in total. The van der Waals surface area contributed by atoms with Crippen LogP contribution in [0.3, 0.4) is 0 Å². The summed E-state index contributed by atoms with van der Waals surface area (Å²) in [4.78, 5) is 66.1. The molecule has 298 valence electrons. The van der Waals surface area contributed by atoms with Crippen LogP contribution in [0.4, 0.5) is 34.6 Å². The Morgan fingerprint density at radius 1 is 0.672 bits per heavy atom. The first kappa shape index (κ1) is 39.7. The number of nitrogens with one attached hydrogen (secondary N) is 4. The predicted molar refractivity (Wildman–Crippen MR) is 230 cm³/mol. The van der Waals surface area contributed by atoms with Gasteiger partial charge in [-0.1, -0.05) is 113 Å². The van der Waals surface area contributed by atoms with Crippen LogP contribution in [0.2, 0.25) is 0 Å². The van der Waals surface area contributed by atoms with Gasteiger partial charge in [0.15, 0.2) is 5.78 Å². The lowest BCUT2D eigenvalue weighted by molar-refractivity contribution is 0.0524. The van der Waals surface area contributed by atoms with E-state index in [0.717, 1.165) is 31.4 Å². The topological polar surface area (TPSA) is 160 Å². The van der Waals surface area contributed by atoms with Crippen LogP contribution in [0.15, 0.2) is 101 Å². The fourth-order valence-electron chi connectivity index (χ4n) is 7.68. The van der Waals surface area contributed by atoms with Crippen molar-refractivity contribution in [1.82, 2.24) is 19.5 Å². The number of aromatic amines is 1. The van der Waals surface area contributed by atoms with E-state index in [2.05, 4.69) is 37.8 Å². The smallest absolute Gasteiger partial charge is 0.351 e. The lowest BCUT2D eigenvalue weighted by Gasteiger charge is -2.26. The first-order chi connectivity index (χ1) is 28.4. The molecule has 0 aliphatic heterocycles. The molecule has 1 aliphatic carbocycles. The van der Waals surface area contributed by atoms with Crippen molar-refractivity contribution in [3.63, 3.8) is 0 Å². The van der Waals surface area contributed by atoms with Crippen LogP contribution in [0.1, 0.15) is 104 Å². The summed E-state index contributed by atoms with van der Waals surface area (Å²) in [5, 5.41) is 10.2. The van der Waals surface area contributed by atoms with Gasteiger partial charge in [-0.2, -0.15) is 9.97 Å². The van der Waals surface area contributed by atoms with Gasteiger partial charge in [0.1, 0.15) is 5.56 Å². The molecule has 0 spiro atoms. The zero-order chi connectivity index (χ0) is 40.4. The number of H-pyrrole nitrogens is 1. The first-order valence-corrected chi connectivity index (χ1v) is 20.4. The van der Waals surface area contributed by atoms with E-state index in [9.17, 15) is 19.2 Å². The van der Waals surface area contributed by atoms with Gasteiger partial charge in [0.05, 0.1) is 23.4 Å². The molecule has 12 heteroatoms. The number of fused-ring (bicyclic) bond motifs is 2. The molecule has 2 heterocycles. The lowest BCUT2D eigenvalue weighted by Crippen LogP contribution is -2.31. The number of rotatable bonds is 19. The van der Waals surface area contributed by atoms with E-state index in [1.807, 2.05) is 66.7 Å². The largest absolute Gasteiger partial charge is 0.462 e. The van der Waals surface area contributed by atoms with Gasteiger partial charge in [0.25, 0.3) is 5.56 Å². The Kier molecular flexibility index (Phi) is 12.7.